The van der Waals surface area contributed by atoms with Crippen LogP contribution in [0.2, 0.25) is 0 Å². The quantitative estimate of drug-likeness (QED) is 0.696. The van der Waals surface area contributed by atoms with E-state index in [0.29, 0.717) is 12.8 Å². The predicted octanol–water partition coefficient (Wildman–Crippen LogP) is 0.759. The Bertz CT molecular complexity index is 342. The number of nitriles is 1. The normalized spacial score (nSPS) is 14.4. The number of hydrogen-bond acceptors (Lipinski definition) is 4. The standard InChI is InChI=1S/C10H20N2O3S/c1-4-9(7-11)16(14,15)12-8-10(13,5-2)6-3/h9,12-13H,4-6,8H2,1-3H3. The number of rotatable bonds is 7. The molecule has 0 radical (unpaired) electrons. The molecule has 5 nitrogen and oxygen atoms in total. The number of hydrogen-bond donors (Lipinski definition) is 2. The molecule has 0 aliphatic heterocycles. The summed E-state index contributed by atoms with van der Waals surface area (Å²) in [4.78, 5) is 0. The molecule has 1 atom stereocenters. The summed E-state index contributed by atoms with van der Waals surface area (Å²) < 4.78 is 25.6. The van der Waals surface area contributed by atoms with Crippen LogP contribution in [0.25, 0.3) is 0 Å². The van der Waals surface area contributed by atoms with E-state index in [4.69, 9.17) is 5.26 Å². The van der Waals surface area contributed by atoms with Crippen molar-refractivity contribution in [3.63, 3.8) is 0 Å². The Kier molecular flexibility index (Phi) is 5.94. The van der Waals surface area contributed by atoms with E-state index in [9.17, 15) is 13.5 Å². The smallest absolute Gasteiger partial charge is 0.228 e. The Morgan fingerprint density at radius 2 is 1.88 bits per heavy atom. The average molecular weight is 248 g/mol. The third-order valence-corrected chi connectivity index (χ3v) is 4.54. The molecule has 0 aromatic rings. The molecule has 0 aliphatic rings. The monoisotopic (exact) mass is 248 g/mol. The van der Waals surface area contributed by atoms with E-state index >= 15 is 0 Å². The maximum Gasteiger partial charge on any atom is 0.228 e. The summed E-state index contributed by atoms with van der Waals surface area (Å²) in [6.45, 7) is 5.18. The second-order valence-corrected chi connectivity index (χ2v) is 5.77. The van der Waals surface area contributed by atoms with Crippen molar-refractivity contribution in [3.8, 4) is 6.07 Å². The van der Waals surface area contributed by atoms with Crippen LogP contribution >= 0.6 is 0 Å². The van der Waals surface area contributed by atoms with E-state index in [0.717, 1.165) is 0 Å². The number of aliphatic hydroxyl groups is 1. The van der Waals surface area contributed by atoms with Crippen LogP contribution in [0.5, 0.6) is 0 Å². The van der Waals surface area contributed by atoms with E-state index in [1.165, 1.54) is 0 Å². The van der Waals surface area contributed by atoms with Gasteiger partial charge in [0.1, 0.15) is 0 Å². The molecule has 0 bridgehead atoms. The average Bonchev–Trinajstić information content (AvgIpc) is 2.27. The Hall–Kier alpha value is -0.640. The van der Waals surface area contributed by atoms with Crippen LogP contribution in [-0.2, 0) is 10.0 Å². The lowest BCUT2D eigenvalue weighted by Crippen LogP contribution is -2.44. The molecule has 0 aliphatic carbocycles. The molecular weight excluding hydrogens is 228 g/mol. The van der Waals surface area contributed by atoms with Crippen LogP contribution in [0.1, 0.15) is 40.0 Å². The SMILES string of the molecule is CCC(C#N)S(=O)(=O)NCC(O)(CC)CC. The lowest BCUT2D eigenvalue weighted by molar-refractivity contribution is 0.0377. The fraction of sp³-hybridized carbons (Fsp3) is 0.900. The molecule has 0 spiro atoms. The number of nitrogens with zero attached hydrogens (tertiary/aromatic N) is 1. The molecule has 2 N–H and O–H groups in total. The molecule has 16 heavy (non-hydrogen) atoms. The Morgan fingerprint density at radius 3 is 2.19 bits per heavy atom. The summed E-state index contributed by atoms with van der Waals surface area (Å²) in [6, 6.07) is 1.73. The topological polar surface area (TPSA) is 90.2 Å². The van der Waals surface area contributed by atoms with Crippen LogP contribution in [0.3, 0.4) is 0 Å². The van der Waals surface area contributed by atoms with Crippen molar-refractivity contribution in [1.82, 2.24) is 4.72 Å². The van der Waals surface area contributed by atoms with Gasteiger partial charge < -0.3 is 5.11 Å². The minimum atomic E-state index is -3.65. The van der Waals surface area contributed by atoms with Gasteiger partial charge in [0, 0.05) is 6.54 Å². The summed E-state index contributed by atoms with van der Waals surface area (Å²) in [6.07, 6.45) is 1.17. The van der Waals surface area contributed by atoms with Crippen LogP contribution in [-0.4, -0.2) is 30.9 Å². The molecule has 94 valence electrons. The molecule has 0 fully saturated rings. The highest BCUT2D eigenvalue weighted by atomic mass is 32.2. The highest BCUT2D eigenvalue weighted by molar-refractivity contribution is 7.90. The zero-order valence-corrected chi connectivity index (χ0v) is 10.8. The largest absolute Gasteiger partial charge is 0.389 e. The maximum absolute atomic E-state index is 11.6. The summed E-state index contributed by atoms with van der Waals surface area (Å²) in [5.41, 5.74) is -1.03. The van der Waals surface area contributed by atoms with E-state index in [1.807, 2.05) is 0 Å². The van der Waals surface area contributed by atoms with Crippen molar-refractivity contribution in [1.29, 1.82) is 5.26 Å². The van der Waals surface area contributed by atoms with E-state index < -0.39 is 20.9 Å². The van der Waals surface area contributed by atoms with Gasteiger partial charge in [0.25, 0.3) is 0 Å². The summed E-state index contributed by atoms with van der Waals surface area (Å²) in [5.74, 6) is 0. The molecular formula is C10H20N2O3S. The first kappa shape index (κ1) is 15.4. The third kappa shape index (κ3) is 4.08. The minimum absolute atomic E-state index is 0.0412. The second kappa shape index (κ2) is 6.18. The first-order valence-corrected chi connectivity index (χ1v) is 7.00. The van der Waals surface area contributed by atoms with Crippen molar-refractivity contribution in [2.45, 2.75) is 50.9 Å². The van der Waals surface area contributed by atoms with E-state index in [2.05, 4.69) is 4.72 Å². The zero-order chi connectivity index (χ0) is 12.8. The molecule has 0 saturated carbocycles. The number of nitrogens with one attached hydrogen (secondary N) is 1. The fourth-order valence-corrected chi connectivity index (χ4v) is 2.46. The van der Waals surface area contributed by atoms with Gasteiger partial charge in [-0.05, 0) is 19.3 Å². The van der Waals surface area contributed by atoms with Gasteiger partial charge in [0.15, 0.2) is 5.25 Å². The van der Waals surface area contributed by atoms with Crippen molar-refractivity contribution >= 4 is 10.0 Å². The molecule has 0 heterocycles. The first-order chi connectivity index (χ1) is 7.35. The van der Waals surface area contributed by atoms with Crippen LogP contribution in [0.15, 0.2) is 0 Å². The van der Waals surface area contributed by atoms with Crippen LogP contribution < -0.4 is 4.72 Å². The van der Waals surface area contributed by atoms with Gasteiger partial charge in [0.2, 0.25) is 10.0 Å². The van der Waals surface area contributed by atoms with Gasteiger partial charge in [-0.3, -0.25) is 0 Å². The first-order valence-electron chi connectivity index (χ1n) is 5.45. The van der Waals surface area contributed by atoms with Crippen LogP contribution in [0.4, 0.5) is 0 Å². The molecule has 6 heteroatoms. The summed E-state index contributed by atoms with van der Waals surface area (Å²) in [7, 11) is -3.65. The summed E-state index contributed by atoms with van der Waals surface area (Å²) in [5, 5.41) is 17.5. The molecule has 0 rings (SSSR count). The van der Waals surface area contributed by atoms with Gasteiger partial charge in [0.05, 0.1) is 11.7 Å². The molecule has 0 aromatic carbocycles. The predicted molar refractivity (Wildman–Crippen MR) is 62.1 cm³/mol. The highest BCUT2D eigenvalue weighted by Gasteiger charge is 2.28. The van der Waals surface area contributed by atoms with Crippen molar-refractivity contribution in [2.24, 2.45) is 0 Å². The van der Waals surface area contributed by atoms with Crippen LogP contribution in [0, 0.1) is 11.3 Å². The Morgan fingerprint density at radius 1 is 1.38 bits per heavy atom. The number of sulfonamides is 1. The lowest BCUT2D eigenvalue weighted by Gasteiger charge is -2.25. The molecule has 0 amide bonds. The molecule has 0 saturated heterocycles. The maximum atomic E-state index is 11.6. The molecule has 1 unspecified atom stereocenters. The Labute approximate surface area is 97.5 Å². The van der Waals surface area contributed by atoms with Crippen molar-refractivity contribution in [2.75, 3.05) is 6.54 Å². The van der Waals surface area contributed by atoms with E-state index in [-0.39, 0.29) is 13.0 Å². The van der Waals surface area contributed by atoms with E-state index in [1.54, 1.807) is 26.8 Å². The minimum Gasteiger partial charge on any atom is -0.389 e. The van der Waals surface area contributed by atoms with Gasteiger partial charge in [-0.25, -0.2) is 13.1 Å². The summed E-state index contributed by atoms with van der Waals surface area (Å²) >= 11 is 0. The van der Waals surface area contributed by atoms with Gasteiger partial charge in [-0.15, -0.1) is 0 Å². The van der Waals surface area contributed by atoms with Gasteiger partial charge in [-0.1, -0.05) is 20.8 Å². The fourth-order valence-electron chi connectivity index (χ4n) is 1.22. The van der Waals surface area contributed by atoms with Crippen molar-refractivity contribution < 1.29 is 13.5 Å². The molecule has 0 aromatic heterocycles. The Balaban J connectivity index is 4.58. The zero-order valence-electron chi connectivity index (χ0n) is 10.0. The second-order valence-electron chi connectivity index (χ2n) is 3.82. The lowest BCUT2D eigenvalue weighted by atomic mass is 9.98. The highest BCUT2D eigenvalue weighted by Crippen LogP contribution is 2.14. The third-order valence-electron chi connectivity index (χ3n) is 2.81. The van der Waals surface area contributed by atoms with Crippen molar-refractivity contribution in [3.05, 3.63) is 0 Å². The van der Waals surface area contributed by atoms with Gasteiger partial charge >= 0.3 is 0 Å². The van der Waals surface area contributed by atoms with Gasteiger partial charge in [-0.2, -0.15) is 5.26 Å².